The molecule has 0 unspecified atom stereocenters. The Morgan fingerprint density at radius 1 is 1.10 bits per heavy atom. The maximum Gasteiger partial charge on any atom is 0.227 e. The molecule has 3 heteroatoms. The number of anilines is 2. The number of nitrogens with one attached hydrogen (secondary N) is 2. The minimum atomic E-state index is 0.143. The van der Waals surface area contributed by atoms with Gasteiger partial charge in [0.1, 0.15) is 0 Å². The Hall–Kier alpha value is -1.51. The molecule has 1 rings (SSSR count). The van der Waals surface area contributed by atoms with Crippen LogP contribution in [0, 0.1) is 5.92 Å². The normalized spacial score (nSPS) is 11.9. The van der Waals surface area contributed by atoms with E-state index in [9.17, 15) is 4.79 Å². The van der Waals surface area contributed by atoms with Crippen molar-refractivity contribution in [3.05, 3.63) is 24.3 Å². The zero-order valence-electron chi connectivity index (χ0n) is 13.0. The molecule has 0 spiro atoms. The molecular weight excluding hydrogens is 248 g/mol. The van der Waals surface area contributed by atoms with E-state index in [1.165, 1.54) is 12.8 Å². The van der Waals surface area contributed by atoms with Gasteiger partial charge in [-0.05, 0) is 31.0 Å². The van der Waals surface area contributed by atoms with E-state index < -0.39 is 0 Å². The molecule has 0 saturated heterocycles. The Morgan fingerprint density at radius 2 is 1.85 bits per heavy atom. The molecule has 1 atom stereocenters. The van der Waals surface area contributed by atoms with Gasteiger partial charge in [-0.2, -0.15) is 0 Å². The molecule has 0 aliphatic rings. The molecule has 20 heavy (non-hydrogen) atoms. The van der Waals surface area contributed by atoms with Crippen LogP contribution in [0.25, 0.3) is 0 Å². The van der Waals surface area contributed by atoms with Gasteiger partial charge < -0.3 is 10.6 Å². The quantitative estimate of drug-likeness (QED) is 0.644. The first-order valence-corrected chi connectivity index (χ1v) is 7.79. The SMILES string of the molecule is CCCCC[C@H](CCC)C(=O)Nc1cccc(NC)c1. The molecule has 1 aromatic carbocycles. The number of hydrogen-bond donors (Lipinski definition) is 2. The van der Waals surface area contributed by atoms with Gasteiger partial charge >= 0.3 is 0 Å². The molecular formula is C17H28N2O. The van der Waals surface area contributed by atoms with Crippen LogP contribution >= 0.6 is 0 Å². The first kappa shape index (κ1) is 16.5. The predicted molar refractivity (Wildman–Crippen MR) is 87.2 cm³/mol. The van der Waals surface area contributed by atoms with Gasteiger partial charge in [-0.1, -0.05) is 45.6 Å². The van der Waals surface area contributed by atoms with Gasteiger partial charge in [0.2, 0.25) is 5.91 Å². The molecule has 112 valence electrons. The molecule has 0 bridgehead atoms. The Bertz CT molecular complexity index is 404. The number of carbonyl (C=O) groups is 1. The molecule has 0 saturated carbocycles. The molecule has 1 amide bonds. The molecule has 0 aliphatic carbocycles. The number of amides is 1. The molecule has 0 fully saturated rings. The Labute approximate surface area is 123 Å². The molecule has 0 heterocycles. The van der Waals surface area contributed by atoms with E-state index in [-0.39, 0.29) is 11.8 Å². The van der Waals surface area contributed by atoms with Crippen LogP contribution in [-0.4, -0.2) is 13.0 Å². The minimum Gasteiger partial charge on any atom is -0.388 e. The van der Waals surface area contributed by atoms with E-state index in [4.69, 9.17) is 0 Å². The summed E-state index contributed by atoms with van der Waals surface area (Å²) < 4.78 is 0. The lowest BCUT2D eigenvalue weighted by molar-refractivity contribution is -0.120. The van der Waals surface area contributed by atoms with Gasteiger partial charge in [-0.3, -0.25) is 4.79 Å². The van der Waals surface area contributed by atoms with Crippen molar-refractivity contribution in [2.24, 2.45) is 5.92 Å². The van der Waals surface area contributed by atoms with E-state index in [0.29, 0.717) is 0 Å². The average molecular weight is 276 g/mol. The van der Waals surface area contributed by atoms with Crippen molar-refractivity contribution < 1.29 is 4.79 Å². The zero-order chi connectivity index (χ0) is 14.8. The van der Waals surface area contributed by atoms with Gasteiger partial charge in [0.25, 0.3) is 0 Å². The number of benzene rings is 1. The molecule has 0 aliphatic heterocycles. The highest BCUT2D eigenvalue weighted by molar-refractivity contribution is 5.92. The van der Waals surface area contributed by atoms with Crippen LogP contribution in [0.5, 0.6) is 0 Å². The molecule has 0 aromatic heterocycles. The van der Waals surface area contributed by atoms with Gasteiger partial charge in [-0.25, -0.2) is 0 Å². The van der Waals surface area contributed by atoms with Gasteiger partial charge in [-0.15, -0.1) is 0 Å². The van der Waals surface area contributed by atoms with Gasteiger partial charge in [0.15, 0.2) is 0 Å². The second-order valence-corrected chi connectivity index (χ2v) is 5.30. The summed E-state index contributed by atoms with van der Waals surface area (Å²) >= 11 is 0. The van der Waals surface area contributed by atoms with E-state index in [1.54, 1.807) is 0 Å². The number of unbranched alkanes of at least 4 members (excludes halogenated alkanes) is 2. The summed E-state index contributed by atoms with van der Waals surface area (Å²) in [6.07, 6.45) is 6.58. The fourth-order valence-corrected chi connectivity index (χ4v) is 2.39. The van der Waals surface area contributed by atoms with Gasteiger partial charge in [0, 0.05) is 24.3 Å². The third-order valence-corrected chi connectivity index (χ3v) is 3.58. The van der Waals surface area contributed by atoms with Crippen molar-refractivity contribution in [2.75, 3.05) is 17.7 Å². The van der Waals surface area contributed by atoms with Crippen molar-refractivity contribution in [2.45, 2.75) is 52.4 Å². The average Bonchev–Trinajstić information content (AvgIpc) is 2.46. The standard InChI is InChI=1S/C17H28N2O/c1-4-6-7-10-14(9-5-2)17(20)19-16-12-8-11-15(13-16)18-3/h8,11-14,18H,4-7,9-10H2,1-3H3,(H,19,20)/t14-/m0/s1. The lowest BCUT2D eigenvalue weighted by Crippen LogP contribution is -2.22. The first-order valence-electron chi connectivity index (χ1n) is 7.79. The highest BCUT2D eigenvalue weighted by atomic mass is 16.1. The summed E-state index contributed by atoms with van der Waals surface area (Å²) in [7, 11) is 1.88. The summed E-state index contributed by atoms with van der Waals surface area (Å²) in [6, 6.07) is 7.84. The van der Waals surface area contributed by atoms with Crippen molar-refractivity contribution in [1.82, 2.24) is 0 Å². The lowest BCUT2D eigenvalue weighted by atomic mass is 9.95. The van der Waals surface area contributed by atoms with Crippen LogP contribution in [-0.2, 0) is 4.79 Å². The summed E-state index contributed by atoms with van der Waals surface area (Å²) in [6.45, 7) is 4.33. The van der Waals surface area contributed by atoms with Crippen LogP contribution in [0.2, 0.25) is 0 Å². The first-order chi connectivity index (χ1) is 9.71. The fourth-order valence-electron chi connectivity index (χ4n) is 2.39. The summed E-state index contributed by atoms with van der Waals surface area (Å²) in [5, 5.41) is 6.14. The van der Waals surface area contributed by atoms with Crippen LogP contribution in [0.1, 0.15) is 52.4 Å². The topological polar surface area (TPSA) is 41.1 Å². The van der Waals surface area contributed by atoms with Crippen LogP contribution in [0.15, 0.2) is 24.3 Å². The monoisotopic (exact) mass is 276 g/mol. The largest absolute Gasteiger partial charge is 0.388 e. The second-order valence-electron chi connectivity index (χ2n) is 5.30. The molecule has 1 aromatic rings. The van der Waals surface area contributed by atoms with E-state index in [0.717, 1.165) is 37.1 Å². The highest BCUT2D eigenvalue weighted by Gasteiger charge is 2.17. The summed E-state index contributed by atoms with van der Waals surface area (Å²) in [5.74, 6) is 0.306. The number of carbonyl (C=O) groups excluding carboxylic acids is 1. The number of hydrogen-bond acceptors (Lipinski definition) is 2. The van der Waals surface area contributed by atoms with E-state index in [1.807, 2.05) is 31.3 Å². The van der Waals surface area contributed by atoms with Gasteiger partial charge in [0.05, 0.1) is 0 Å². The van der Waals surface area contributed by atoms with Crippen molar-refractivity contribution in [3.8, 4) is 0 Å². The van der Waals surface area contributed by atoms with Crippen molar-refractivity contribution >= 4 is 17.3 Å². The Morgan fingerprint density at radius 3 is 2.50 bits per heavy atom. The fraction of sp³-hybridized carbons (Fsp3) is 0.588. The highest BCUT2D eigenvalue weighted by Crippen LogP contribution is 2.20. The van der Waals surface area contributed by atoms with Crippen LogP contribution in [0.3, 0.4) is 0 Å². The Balaban J connectivity index is 2.59. The smallest absolute Gasteiger partial charge is 0.227 e. The second kappa shape index (κ2) is 9.40. The third kappa shape index (κ3) is 5.64. The predicted octanol–water partition coefficient (Wildman–Crippen LogP) is 4.66. The van der Waals surface area contributed by atoms with Crippen molar-refractivity contribution in [1.29, 1.82) is 0 Å². The van der Waals surface area contributed by atoms with E-state index >= 15 is 0 Å². The van der Waals surface area contributed by atoms with Crippen LogP contribution in [0.4, 0.5) is 11.4 Å². The molecule has 3 nitrogen and oxygen atoms in total. The minimum absolute atomic E-state index is 0.143. The van der Waals surface area contributed by atoms with Crippen molar-refractivity contribution in [3.63, 3.8) is 0 Å². The van der Waals surface area contributed by atoms with E-state index in [2.05, 4.69) is 24.5 Å². The Kier molecular flexibility index (Phi) is 7.78. The van der Waals surface area contributed by atoms with Crippen LogP contribution < -0.4 is 10.6 Å². The zero-order valence-corrected chi connectivity index (χ0v) is 13.0. The summed E-state index contributed by atoms with van der Waals surface area (Å²) in [5.41, 5.74) is 1.89. The third-order valence-electron chi connectivity index (χ3n) is 3.58. The maximum absolute atomic E-state index is 12.4. The summed E-state index contributed by atoms with van der Waals surface area (Å²) in [4.78, 5) is 12.4. The molecule has 2 N–H and O–H groups in total. The number of rotatable bonds is 9. The molecule has 0 radical (unpaired) electrons. The lowest BCUT2D eigenvalue weighted by Gasteiger charge is -2.16. The maximum atomic E-state index is 12.4.